The number of methoxy groups -OCH3 is 1. The van der Waals surface area contributed by atoms with Crippen molar-refractivity contribution in [2.45, 2.75) is 39.7 Å². The molecule has 0 bridgehead atoms. The molecule has 3 N–H and O–H groups in total. The monoisotopic (exact) mass is 376 g/mol. The number of anilines is 1. The lowest BCUT2D eigenvalue weighted by Gasteiger charge is -2.31. The van der Waals surface area contributed by atoms with Crippen molar-refractivity contribution in [3.05, 3.63) is 29.3 Å². The number of ether oxygens (including phenoxy) is 1. The summed E-state index contributed by atoms with van der Waals surface area (Å²) in [5.41, 5.74) is 2.77. The number of para-hydroxylation sites is 1. The van der Waals surface area contributed by atoms with E-state index in [0.29, 0.717) is 12.8 Å². The third-order valence-electron chi connectivity index (χ3n) is 5.34. The third-order valence-corrected chi connectivity index (χ3v) is 5.34. The molecule has 1 aliphatic heterocycles. The maximum Gasteiger partial charge on any atom is 0.309 e. The Bertz CT molecular complexity index is 676. The fourth-order valence-electron chi connectivity index (χ4n) is 3.53. The normalized spacial score (nSPS) is 20.4. The summed E-state index contributed by atoms with van der Waals surface area (Å²) < 4.78 is 4.79. The first kappa shape index (κ1) is 20.9. The van der Waals surface area contributed by atoms with Crippen LogP contribution < -0.4 is 15.5 Å². The van der Waals surface area contributed by atoms with Crippen LogP contribution in [0.25, 0.3) is 0 Å². The zero-order valence-corrected chi connectivity index (χ0v) is 16.6. The number of quaternary nitrogens is 1. The van der Waals surface area contributed by atoms with Gasteiger partial charge in [-0.1, -0.05) is 18.2 Å². The van der Waals surface area contributed by atoms with Gasteiger partial charge in [0, 0.05) is 18.5 Å². The minimum atomic E-state index is -0.267. The highest BCUT2D eigenvalue weighted by atomic mass is 16.5. The molecule has 0 aromatic heterocycles. The van der Waals surface area contributed by atoms with Crippen molar-refractivity contribution >= 4 is 23.5 Å². The van der Waals surface area contributed by atoms with Gasteiger partial charge in [0.2, 0.25) is 5.91 Å². The van der Waals surface area contributed by atoms with Gasteiger partial charge in [-0.15, -0.1) is 0 Å². The minimum absolute atomic E-state index is 0.0605. The Morgan fingerprint density at radius 3 is 2.33 bits per heavy atom. The van der Waals surface area contributed by atoms with Gasteiger partial charge in [-0.25, -0.2) is 0 Å². The number of nitrogens with one attached hydrogen (secondary N) is 3. The van der Waals surface area contributed by atoms with Crippen LogP contribution in [0.2, 0.25) is 0 Å². The number of rotatable bonds is 6. The summed E-state index contributed by atoms with van der Waals surface area (Å²) in [5.74, 6) is -0.642. The summed E-state index contributed by atoms with van der Waals surface area (Å²) in [7, 11) is 1.40. The van der Waals surface area contributed by atoms with Crippen molar-refractivity contribution in [1.82, 2.24) is 5.32 Å². The van der Waals surface area contributed by atoms with E-state index in [1.165, 1.54) is 7.11 Å². The molecule has 1 fully saturated rings. The lowest BCUT2D eigenvalue weighted by Crippen LogP contribution is -3.17. The Labute approximate surface area is 160 Å². The van der Waals surface area contributed by atoms with Crippen molar-refractivity contribution < 1.29 is 24.0 Å². The van der Waals surface area contributed by atoms with Crippen LogP contribution >= 0.6 is 0 Å². The van der Waals surface area contributed by atoms with Crippen LogP contribution in [0.4, 0.5) is 5.69 Å². The van der Waals surface area contributed by atoms with Gasteiger partial charge in [0.1, 0.15) is 0 Å². The predicted octanol–water partition coefficient (Wildman–Crippen LogP) is 0.215. The van der Waals surface area contributed by atoms with Crippen LogP contribution in [0.3, 0.4) is 0 Å². The second kappa shape index (κ2) is 9.50. The van der Waals surface area contributed by atoms with Gasteiger partial charge in [0.05, 0.1) is 32.7 Å². The molecule has 1 saturated heterocycles. The van der Waals surface area contributed by atoms with Crippen LogP contribution in [0.15, 0.2) is 18.2 Å². The van der Waals surface area contributed by atoms with Gasteiger partial charge < -0.3 is 20.3 Å². The molecule has 1 heterocycles. The van der Waals surface area contributed by atoms with E-state index in [-0.39, 0.29) is 36.3 Å². The van der Waals surface area contributed by atoms with Gasteiger partial charge in [-0.05, 0) is 31.9 Å². The SMILES string of the molecule is COC(=O)C1CC[NH+]([C@@H](C)C(=O)NCC(=O)Nc2c(C)cccc2C)CC1. The van der Waals surface area contributed by atoms with Crippen LogP contribution in [-0.4, -0.2) is 50.6 Å². The van der Waals surface area contributed by atoms with Gasteiger partial charge >= 0.3 is 5.97 Å². The maximum atomic E-state index is 12.4. The van der Waals surface area contributed by atoms with Gasteiger partial charge in [-0.2, -0.15) is 0 Å². The highest BCUT2D eigenvalue weighted by Gasteiger charge is 2.33. The molecule has 1 aromatic carbocycles. The van der Waals surface area contributed by atoms with E-state index in [1.54, 1.807) is 0 Å². The molecule has 0 aliphatic carbocycles. The average Bonchev–Trinajstić information content (AvgIpc) is 2.68. The highest BCUT2D eigenvalue weighted by molar-refractivity contribution is 5.96. The van der Waals surface area contributed by atoms with E-state index in [4.69, 9.17) is 4.74 Å². The number of carbonyl (C=O) groups excluding carboxylic acids is 3. The number of aryl methyl sites for hydroxylation is 2. The molecule has 0 spiro atoms. The Balaban J connectivity index is 1.80. The molecule has 1 atom stereocenters. The van der Waals surface area contributed by atoms with Gasteiger partial charge in [0.25, 0.3) is 5.91 Å². The van der Waals surface area contributed by atoms with Crippen molar-refractivity contribution in [3.63, 3.8) is 0 Å². The van der Waals surface area contributed by atoms with E-state index in [2.05, 4.69) is 10.6 Å². The quantitative estimate of drug-likeness (QED) is 0.620. The zero-order chi connectivity index (χ0) is 20.0. The number of piperidine rings is 1. The first-order chi connectivity index (χ1) is 12.8. The largest absolute Gasteiger partial charge is 0.469 e. The van der Waals surface area contributed by atoms with E-state index in [9.17, 15) is 14.4 Å². The molecule has 0 radical (unpaired) electrons. The molecule has 7 nitrogen and oxygen atoms in total. The number of likely N-dealkylation sites (tertiary alicyclic amines) is 1. The van der Waals surface area contributed by atoms with Crippen LogP contribution in [-0.2, 0) is 19.1 Å². The van der Waals surface area contributed by atoms with E-state index in [1.807, 2.05) is 39.0 Å². The standard InChI is InChI=1S/C20H29N3O4/c1-13-6-5-7-14(2)18(13)22-17(24)12-21-19(25)15(3)23-10-8-16(9-11-23)20(26)27-4/h5-7,15-16H,8-12H2,1-4H3,(H,21,25)(H,22,24)/p+1/t15-/m0/s1. The summed E-state index contributed by atoms with van der Waals surface area (Å²) >= 11 is 0. The number of amides is 2. The summed E-state index contributed by atoms with van der Waals surface area (Å²) in [6.07, 6.45) is 1.43. The van der Waals surface area contributed by atoms with Gasteiger partial charge in [0.15, 0.2) is 6.04 Å². The Morgan fingerprint density at radius 1 is 1.19 bits per heavy atom. The fraction of sp³-hybridized carbons (Fsp3) is 0.550. The van der Waals surface area contributed by atoms with Crippen LogP contribution in [0.5, 0.6) is 0 Å². The van der Waals surface area contributed by atoms with E-state index < -0.39 is 0 Å². The number of hydrogen-bond acceptors (Lipinski definition) is 4. The minimum Gasteiger partial charge on any atom is -0.469 e. The van der Waals surface area contributed by atoms with E-state index in [0.717, 1.165) is 34.8 Å². The van der Waals surface area contributed by atoms with E-state index >= 15 is 0 Å². The van der Waals surface area contributed by atoms with Gasteiger partial charge in [-0.3, -0.25) is 14.4 Å². The second-order valence-electron chi connectivity index (χ2n) is 7.21. The molecule has 27 heavy (non-hydrogen) atoms. The maximum absolute atomic E-state index is 12.4. The van der Waals surface area contributed by atoms with Crippen molar-refractivity contribution in [3.8, 4) is 0 Å². The number of hydrogen-bond donors (Lipinski definition) is 3. The predicted molar refractivity (Wildman–Crippen MR) is 102 cm³/mol. The smallest absolute Gasteiger partial charge is 0.309 e. The first-order valence-electron chi connectivity index (χ1n) is 9.39. The Kier molecular flexibility index (Phi) is 7.36. The fourth-order valence-corrected chi connectivity index (χ4v) is 3.53. The molecule has 7 heteroatoms. The summed E-state index contributed by atoms with van der Waals surface area (Å²) in [4.78, 5) is 37.3. The summed E-state index contributed by atoms with van der Waals surface area (Å²) in [6.45, 7) is 7.14. The van der Waals surface area contributed by atoms with Crippen LogP contribution in [0.1, 0.15) is 30.9 Å². The Morgan fingerprint density at radius 2 is 1.78 bits per heavy atom. The lowest BCUT2D eigenvalue weighted by molar-refractivity contribution is -0.919. The lowest BCUT2D eigenvalue weighted by atomic mass is 9.96. The van der Waals surface area contributed by atoms with Crippen LogP contribution in [0, 0.1) is 19.8 Å². The Hall–Kier alpha value is -2.41. The van der Waals surface area contributed by atoms with Crippen molar-refractivity contribution in [2.75, 3.05) is 32.1 Å². The molecular formula is C20H30N3O4+. The zero-order valence-electron chi connectivity index (χ0n) is 16.6. The number of benzene rings is 1. The third kappa shape index (κ3) is 5.53. The summed E-state index contributed by atoms with van der Waals surface area (Å²) in [5, 5.41) is 5.59. The second-order valence-corrected chi connectivity index (χ2v) is 7.21. The number of esters is 1. The summed E-state index contributed by atoms with van der Waals surface area (Å²) in [6, 6.07) is 5.54. The molecule has 0 saturated carbocycles. The van der Waals surface area contributed by atoms with Crippen molar-refractivity contribution in [1.29, 1.82) is 0 Å². The van der Waals surface area contributed by atoms with Crippen molar-refractivity contribution in [2.24, 2.45) is 5.92 Å². The highest BCUT2D eigenvalue weighted by Crippen LogP contribution is 2.19. The molecule has 2 amide bonds. The molecule has 2 rings (SSSR count). The molecule has 1 aliphatic rings. The molecule has 148 valence electrons. The first-order valence-corrected chi connectivity index (χ1v) is 9.39. The molecule has 0 unspecified atom stereocenters. The average molecular weight is 376 g/mol. The topological polar surface area (TPSA) is 88.9 Å². The molecule has 1 aromatic rings. The number of carbonyl (C=O) groups is 3. The molecular weight excluding hydrogens is 346 g/mol.